The number of hydrogen-bond acceptors (Lipinski definition) is 4. The molecule has 1 heterocycles. The Bertz CT molecular complexity index is 304. The topological polar surface area (TPSA) is 52.3 Å². The largest absolute Gasteiger partial charge is 0.465 e. The van der Waals surface area contributed by atoms with Gasteiger partial charge in [-0.25, -0.2) is 4.79 Å². The summed E-state index contributed by atoms with van der Waals surface area (Å²) in [6, 6.07) is 0. The summed E-state index contributed by atoms with van der Waals surface area (Å²) in [5.41, 5.74) is 1.07. The molecule has 0 saturated heterocycles. The average molecular weight is 183 g/mol. The Morgan fingerprint density at radius 3 is 2.85 bits per heavy atom. The monoisotopic (exact) mass is 183 g/mol. The van der Waals surface area contributed by atoms with Crippen molar-refractivity contribution < 1.29 is 14.1 Å². The Morgan fingerprint density at radius 1 is 1.62 bits per heavy atom. The van der Waals surface area contributed by atoms with Crippen LogP contribution >= 0.6 is 0 Å². The minimum absolute atomic E-state index is 0.373. The molecule has 0 saturated carbocycles. The van der Waals surface area contributed by atoms with Gasteiger partial charge in [0.15, 0.2) is 5.76 Å². The second-order valence-electron chi connectivity index (χ2n) is 2.81. The molecular weight excluding hydrogens is 170 g/mol. The van der Waals surface area contributed by atoms with Gasteiger partial charge in [0.1, 0.15) is 5.56 Å². The van der Waals surface area contributed by atoms with Crippen LogP contribution in [0.15, 0.2) is 4.52 Å². The van der Waals surface area contributed by atoms with E-state index in [2.05, 4.69) is 9.89 Å². The van der Waals surface area contributed by atoms with Crippen molar-refractivity contribution in [3.8, 4) is 0 Å². The number of carbonyl (C=O) groups is 1. The summed E-state index contributed by atoms with van der Waals surface area (Å²) in [7, 11) is 1.35. The number of carbonyl (C=O) groups excluding carboxylic acids is 1. The maximum Gasteiger partial charge on any atom is 0.343 e. The number of hydrogen-bond donors (Lipinski definition) is 0. The van der Waals surface area contributed by atoms with Crippen molar-refractivity contribution in [3.63, 3.8) is 0 Å². The number of aromatic nitrogens is 1. The van der Waals surface area contributed by atoms with Gasteiger partial charge in [-0.1, -0.05) is 12.1 Å². The molecule has 4 heteroatoms. The Kier molecular flexibility index (Phi) is 3.06. The van der Waals surface area contributed by atoms with E-state index in [4.69, 9.17) is 4.52 Å². The fraction of sp³-hybridized carbons (Fsp3) is 0.556. The first kappa shape index (κ1) is 9.77. The Labute approximate surface area is 76.9 Å². The van der Waals surface area contributed by atoms with E-state index in [1.54, 1.807) is 6.92 Å². The second kappa shape index (κ2) is 4.07. The molecule has 1 aromatic heterocycles. The van der Waals surface area contributed by atoms with Crippen LogP contribution in [0.4, 0.5) is 0 Å². The first-order valence-electron chi connectivity index (χ1n) is 4.24. The summed E-state index contributed by atoms with van der Waals surface area (Å²) in [5.74, 6) is 0.244. The summed E-state index contributed by atoms with van der Waals surface area (Å²) in [6.07, 6.45) is 1.63. The quantitative estimate of drug-likeness (QED) is 0.669. The smallest absolute Gasteiger partial charge is 0.343 e. The molecule has 0 aromatic carbocycles. The lowest BCUT2D eigenvalue weighted by Gasteiger charge is -1.97. The van der Waals surface area contributed by atoms with E-state index in [0.29, 0.717) is 23.4 Å². The molecule has 0 amide bonds. The minimum Gasteiger partial charge on any atom is -0.465 e. The van der Waals surface area contributed by atoms with Crippen LogP contribution in [0.25, 0.3) is 0 Å². The van der Waals surface area contributed by atoms with Crippen molar-refractivity contribution in [2.75, 3.05) is 7.11 Å². The SMILES string of the molecule is CCCc1onc(C)c1C(=O)OC. The van der Waals surface area contributed by atoms with Crippen LogP contribution in [-0.4, -0.2) is 18.2 Å². The number of rotatable bonds is 3. The lowest BCUT2D eigenvalue weighted by Crippen LogP contribution is -2.04. The molecule has 13 heavy (non-hydrogen) atoms. The molecule has 1 rings (SSSR count). The van der Waals surface area contributed by atoms with E-state index in [0.717, 1.165) is 6.42 Å². The number of esters is 1. The molecule has 0 N–H and O–H groups in total. The van der Waals surface area contributed by atoms with E-state index in [-0.39, 0.29) is 5.97 Å². The Morgan fingerprint density at radius 2 is 2.31 bits per heavy atom. The van der Waals surface area contributed by atoms with Gasteiger partial charge in [0.05, 0.1) is 12.8 Å². The van der Waals surface area contributed by atoms with Crippen LogP contribution in [0, 0.1) is 6.92 Å². The van der Waals surface area contributed by atoms with E-state index >= 15 is 0 Å². The third-order valence-corrected chi connectivity index (χ3v) is 1.80. The third-order valence-electron chi connectivity index (χ3n) is 1.80. The normalized spacial score (nSPS) is 10.1. The van der Waals surface area contributed by atoms with E-state index < -0.39 is 0 Å². The van der Waals surface area contributed by atoms with Gasteiger partial charge in [-0.2, -0.15) is 0 Å². The van der Waals surface area contributed by atoms with Gasteiger partial charge in [-0.15, -0.1) is 0 Å². The number of ether oxygens (including phenoxy) is 1. The van der Waals surface area contributed by atoms with Gasteiger partial charge in [0.2, 0.25) is 0 Å². The molecular formula is C9H13NO3. The highest BCUT2D eigenvalue weighted by atomic mass is 16.5. The van der Waals surface area contributed by atoms with Crippen molar-refractivity contribution in [1.82, 2.24) is 5.16 Å². The van der Waals surface area contributed by atoms with Gasteiger partial charge in [-0.3, -0.25) is 0 Å². The first-order chi connectivity index (χ1) is 6.20. The van der Waals surface area contributed by atoms with Crippen LogP contribution in [0.5, 0.6) is 0 Å². The van der Waals surface area contributed by atoms with Crippen molar-refractivity contribution in [1.29, 1.82) is 0 Å². The summed E-state index contributed by atoms with van der Waals surface area (Å²) in [5, 5.41) is 3.73. The lowest BCUT2D eigenvalue weighted by atomic mass is 10.1. The van der Waals surface area contributed by atoms with E-state index in [9.17, 15) is 4.79 Å². The zero-order chi connectivity index (χ0) is 9.84. The zero-order valence-corrected chi connectivity index (χ0v) is 8.09. The van der Waals surface area contributed by atoms with Gasteiger partial charge in [-0.05, 0) is 13.3 Å². The molecule has 0 spiro atoms. The summed E-state index contributed by atoms with van der Waals surface area (Å²) in [4.78, 5) is 11.3. The second-order valence-corrected chi connectivity index (χ2v) is 2.81. The highest BCUT2D eigenvalue weighted by molar-refractivity contribution is 5.91. The number of aryl methyl sites for hydroxylation is 2. The molecule has 0 fully saturated rings. The van der Waals surface area contributed by atoms with Crippen molar-refractivity contribution >= 4 is 5.97 Å². The Hall–Kier alpha value is -1.32. The van der Waals surface area contributed by atoms with E-state index in [1.165, 1.54) is 7.11 Å². The molecule has 0 aliphatic heterocycles. The standard InChI is InChI=1S/C9H13NO3/c1-4-5-7-8(9(11)12-3)6(2)10-13-7/h4-5H2,1-3H3. The van der Waals surface area contributed by atoms with E-state index in [1.807, 2.05) is 6.92 Å². The molecule has 0 bridgehead atoms. The minimum atomic E-state index is -0.373. The lowest BCUT2D eigenvalue weighted by molar-refractivity contribution is 0.0597. The van der Waals surface area contributed by atoms with Crippen molar-refractivity contribution in [3.05, 3.63) is 17.0 Å². The molecule has 0 aliphatic carbocycles. The van der Waals surface area contributed by atoms with Crippen molar-refractivity contribution in [2.24, 2.45) is 0 Å². The fourth-order valence-electron chi connectivity index (χ4n) is 1.18. The van der Waals surface area contributed by atoms with Crippen LogP contribution in [0.2, 0.25) is 0 Å². The van der Waals surface area contributed by atoms with Crippen LogP contribution in [0.3, 0.4) is 0 Å². The zero-order valence-electron chi connectivity index (χ0n) is 8.09. The molecule has 4 nitrogen and oxygen atoms in total. The number of methoxy groups -OCH3 is 1. The molecule has 1 aromatic rings. The van der Waals surface area contributed by atoms with Crippen molar-refractivity contribution in [2.45, 2.75) is 26.7 Å². The average Bonchev–Trinajstić information content (AvgIpc) is 2.47. The molecule has 0 aliphatic rings. The molecule has 0 unspecified atom stereocenters. The van der Waals surface area contributed by atoms with Gasteiger partial charge in [0.25, 0.3) is 0 Å². The van der Waals surface area contributed by atoms with Crippen LogP contribution in [0.1, 0.15) is 35.2 Å². The summed E-state index contributed by atoms with van der Waals surface area (Å²) >= 11 is 0. The Balaban J connectivity index is 3.01. The number of nitrogens with zero attached hydrogens (tertiary/aromatic N) is 1. The third kappa shape index (κ3) is 1.88. The maximum atomic E-state index is 11.3. The predicted molar refractivity (Wildman–Crippen MR) is 46.6 cm³/mol. The summed E-state index contributed by atoms with van der Waals surface area (Å²) in [6.45, 7) is 3.74. The summed E-state index contributed by atoms with van der Waals surface area (Å²) < 4.78 is 9.63. The molecule has 72 valence electrons. The molecule has 0 atom stereocenters. The first-order valence-corrected chi connectivity index (χ1v) is 4.24. The fourth-order valence-corrected chi connectivity index (χ4v) is 1.18. The van der Waals surface area contributed by atoms with Gasteiger partial charge in [0, 0.05) is 6.42 Å². The van der Waals surface area contributed by atoms with Gasteiger partial charge >= 0.3 is 5.97 Å². The molecule has 0 radical (unpaired) electrons. The van der Waals surface area contributed by atoms with Gasteiger partial charge < -0.3 is 9.26 Å². The van der Waals surface area contributed by atoms with Crippen LogP contribution in [-0.2, 0) is 11.2 Å². The maximum absolute atomic E-state index is 11.3. The highest BCUT2D eigenvalue weighted by Gasteiger charge is 2.19. The van der Waals surface area contributed by atoms with Crippen LogP contribution < -0.4 is 0 Å². The highest BCUT2D eigenvalue weighted by Crippen LogP contribution is 2.16. The predicted octanol–water partition coefficient (Wildman–Crippen LogP) is 1.72.